The molecule has 0 radical (unpaired) electrons. The van der Waals surface area contributed by atoms with Crippen LogP contribution in [0.5, 0.6) is 0 Å². The highest BCUT2D eigenvalue weighted by Crippen LogP contribution is 2.54. The van der Waals surface area contributed by atoms with Crippen molar-refractivity contribution < 1.29 is 18.4 Å². The maximum absolute atomic E-state index is 13.3. The largest absolute Gasteiger partial charge is 0.401 e. The van der Waals surface area contributed by atoms with Crippen LogP contribution in [-0.4, -0.2) is 17.7 Å². The molecule has 0 amide bonds. The highest BCUT2D eigenvalue weighted by Gasteiger charge is 2.41. The van der Waals surface area contributed by atoms with Gasteiger partial charge in [-0.1, -0.05) is 61.5 Å². The molecule has 23 heavy (non-hydrogen) atoms. The van der Waals surface area contributed by atoms with Crippen molar-refractivity contribution in [2.45, 2.75) is 74.5 Å². The summed E-state index contributed by atoms with van der Waals surface area (Å²) in [7, 11) is -3.88. The number of hydrogen-bond donors (Lipinski definition) is 0. The summed E-state index contributed by atoms with van der Waals surface area (Å²) < 4.78 is 25.0. The molecule has 0 rings (SSSR count). The van der Waals surface area contributed by atoms with E-state index in [2.05, 4.69) is 0 Å². The fourth-order valence-electron chi connectivity index (χ4n) is 2.71. The molecule has 0 spiro atoms. The standard InChI is InChI=1S/C18H35O4P/c1-10-11-16(19)23(20,21-17(12(2)3)13(4)5)22-18(14(6)7)15(8)9/h10-15,17-18H,1-9H3. The summed E-state index contributed by atoms with van der Waals surface area (Å²) in [5, 5.41) is 0. The van der Waals surface area contributed by atoms with E-state index in [0.29, 0.717) is 0 Å². The van der Waals surface area contributed by atoms with Crippen molar-refractivity contribution in [3.8, 4) is 0 Å². The van der Waals surface area contributed by atoms with Gasteiger partial charge in [-0.3, -0.25) is 18.4 Å². The van der Waals surface area contributed by atoms with Crippen molar-refractivity contribution in [3.05, 3.63) is 12.2 Å². The lowest BCUT2D eigenvalue weighted by Crippen LogP contribution is -2.30. The van der Waals surface area contributed by atoms with Crippen LogP contribution >= 0.6 is 7.60 Å². The van der Waals surface area contributed by atoms with Gasteiger partial charge in [-0.05, 0) is 36.7 Å². The SMILES string of the molecule is CC=CC(=O)P(=O)(OC(C(C)C)C(C)C)OC(C(C)C)C(C)C. The molecule has 0 atom stereocenters. The lowest BCUT2D eigenvalue weighted by Gasteiger charge is -2.33. The van der Waals surface area contributed by atoms with Gasteiger partial charge in [0, 0.05) is 0 Å². The van der Waals surface area contributed by atoms with Crippen LogP contribution in [0.15, 0.2) is 12.2 Å². The van der Waals surface area contributed by atoms with E-state index in [0.717, 1.165) is 0 Å². The van der Waals surface area contributed by atoms with Crippen LogP contribution in [0.2, 0.25) is 0 Å². The van der Waals surface area contributed by atoms with E-state index in [1.54, 1.807) is 13.0 Å². The third-order valence-electron chi connectivity index (χ3n) is 3.73. The molecule has 4 nitrogen and oxygen atoms in total. The highest BCUT2D eigenvalue weighted by atomic mass is 31.2. The van der Waals surface area contributed by atoms with Crippen LogP contribution in [0, 0.1) is 23.7 Å². The lowest BCUT2D eigenvalue weighted by atomic mass is 9.97. The minimum absolute atomic E-state index is 0.141. The summed E-state index contributed by atoms with van der Waals surface area (Å²) in [5.41, 5.74) is -0.572. The molecule has 0 aromatic carbocycles. The average Bonchev–Trinajstić information content (AvgIpc) is 2.41. The maximum atomic E-state index is 13.3. The molecule has 0 aliphatic carbocycles. The van der Waals surface area contributed by atoms with E-state index in [-0.39, 0.29) is 35.9 Å². The molecule has 5 heteroatoms. The molecule has 0 fully saturated rings. The summed E-state index contributed by atoms with van der Waals surface area (Å²) in [6, 6.07) is 0. The lowest BCUT2D eigenvalue weighted by molar-refractivity contribution is -0.111. The van der Waals surface area contributed by atoms with Gasteiger partial charge < -0.3 is 0 Å². The van der Waals surface area contributed by atoms with Crippen molar-refractivity contribution in [2.24, 2.45) is 23.7 Å². The minimum atomic E-state index is -3.88. The van der Waals surface area contributed by atoms with E-state index in [1.807, 2.05) is 55.4 Å². The quantitative estimate of drug-likeness (QED) is 0.377. The molecule has 0 saturated heterocycles. The second-order valence-electron chi connectivity index (χ2n) is 7.45. The van der Waals surface area contributed by atoms with Gasteiger partial charge in [0.05, 0.1) is 12.2 Å². The zero-order valence-corrected chi connectivity index (χ0v) is 17.1. The van der Waals surface area contributed by atoms with Gasteiger partial charge in [0.15, 0.2) is 0 Å². The van der Waals surface area contributed by atoms with Gasteiger partial charge in [0.1, 0.15) is 0 Å². The first-order valence-corrected chi connectivity index (χ1v) is 10.1. The van der Waals surface area contributed by atoms with Crippen LogP contribution in [0.4, 0.5) is 0 Å². The fraction of sp³-hybridized carbons (Fsp3) is 0.833. The summed E-state index contributed by atoms with van der Waals surface area (Å²) in [6.07, 6.45) is 2.27. The maximum Gasteiger partial charge on any atom is 0.401 e. The molecule has 0 aliphatic heterocycles. The van der Waals surface area contributed by atoms with Gasteiger partial charge in [-0.15, -0.1) is 0 Å². The normalized spacial score (nSPS) is 13.7. The molecule has 0 saturated carbocycles. The Hall–Kier alpha value is -0.440. The third kappa shape index (κ3) is 6.91. The molecule has 0 unspecified atom stereocenters. The predicted molar refractivity (Wildman–Crippen MR) is 96.5 cm³/mol. The molecule has 136 valence electrons. The second-order valence-corrected chi connectivity index (χ2v) is 9.31. The van der Waals surface area contributed by atoms with Gasteiger partial charge in [-0.2, -0.15) is 0 Å². The second kappa shape index (κ2) is 9.76. The Bertz CT molecular complexity index is 396. The molecule has 0 aromatic heterocycles. The Kier molecular flexibility index (Phi) is 9.57. The van der Waals surface area contributed by atoms with Crippen LogP contribution < -0.4 is 0 Å². The monoisotopic (exact) mass is 346 g/mol. The van der Waals surface area contributed by atoms with Crippen molar-refractivity contribution >= 4 is 13.1 Å². The fourth-order valence-corrected chi connectivity index (χ4v) is 4.91. The molecule has 0 bridgehead atoms. The minimum Gasteiger partial charge on any atom is -0.299 e. The van der Waals surface area contributed by atoms with Crippen LogP contribution in [-0.2, 0) is 18.4 Å². The van der Waals surface area contributed by atoms with Crippen molar-refractivity contribution in [1.82, 2.24) is 0 Å². The first-order valence-electron chi connectivity index (χ1n) is 8.60. The van der Waals surface area contributed by atoms with Crippen molar-refractivity contribution in [1.29, 1.82) is 0 Å². The molecular weight excluding hydrogens is 311 g/mol. The average molecular weight is 346 g/mol. The molecular formula is C18H35O4P. The summed E-state index contributed by atoms with van der Waals surface area (Å²) in [6.45, 7) is 17.7. The molecule has 0 aliphatic rings. The first kappa shape index (κ1) is 22.6. The summed E-state index contributed by atoms with van der Waals surface area (Å²) >= 11 is 0. The van der Waals surface area contributed by atoms with Crippen LogP contribution in [0.25, 0.3) is 0 Å². The Morgan fingerprint density at radius 3 is 1.30 bits per heavy atom. The van der Waals surface area contributed by atoms with E-state index >= 15 is 0 Å². The predicted octanol–water partition coefficient (Wildman–Crippen LogP) is 5.68. The van der Waals surface area contributed by atoms with Gasteiger partial charge in [-0.25, -0.2) is 0 Å². The van der Waals surface area contributed by atoms with E-state index in [9.17, 15) is 9.36 Å². The zero-order valence-electron chi connectivity index (χ0n) is 16.2. The number of carbonyl (C=O) groups is 1. The summed E-state index contributed by atoms with van der Waals surface area (Å²) in [5.74, 6) is 0.563. The van der Waals surface area contributed by atoms with Crippen LogP contribution in [0.1, 0.15) is 62.3 Å². The van der Waals surface area contributed by atoms with E-state index in [1.165, 1.54) is 6.08 Å². The molecule has 0 aromatic rings. The van der Waals surface area contributed by atoms with Crippen LogP contribution in [0.3, 0.4) is 0 Å². The number of carbonyl (C=O) groups excluding carboxylic acids is 1. The zero-order chi connectivity index (χ0) is 18.4. The van der Waals surface area contributed by atoms with Gasteiger partial charge >= 0.3 is 7.60 Å². The molecule has 0 N–H and O–H groups in total. The Balaban J connectivity index is 5.65. The summed E-state index contributed by atoms with van der Waals surface area (Å²) in [4.78, 5) is 12.4. The Labute approximate surface area is 142 Å². The van der Waals surface area contributed by atoms with Gasteiger partial charge in [0.2, 0.25) is 0 Å². The Morgan fingerprint density at radius 1 is 0.783 bits per heavy atom. The smallest absolute Gasteiger partial charge is 0.299 e. The first-order chi connectivity index (χ1) is 10.5. The number of hydrogen-bond acceptors (Lipinski definition) is 4. The van der Waals surface area contributed by atoms with E-state index < -0.39 is 13.1 Å². The highest BCUT2D eigenvalue weighted by molar-refractivity contribution is 7.72. The van der Waals surface area contributed by atoms with E-state index in [4.69, 9.17) is 9.05 Å². The Morgan fingerprint density at radius 2 is 1.09 bits per heavy atom. The number of allylic oxidation sites excluding steroid dienone is 2. The number of rotatable bonds is 10. The van der Waals surface area contributed by atoms with Gasteiger partial charge in [0.25, 0.3) is 5.52 Å². The topological polar surface area (TPSA) is 52.6 Å². The van der Waals surface area contributed by atoms with Crippen molar-refractivity contribution in [3.63, 3.8) is 0 Å². The van der Waals surface area contributed by atoms with Crippen molar-refractivity contribution in [2.75, 3.05) is 0 Å². The third-order valence-corrected chi connectivity index (χ3v) is 5.46. The molecule has 0 heterocycles.